The summed E-state index contributed by atoms with van der Waals surface area (Å²) in [5, 5.41) is 9.72. The van der Waals surface area contributed by atoms with Crippen LogP contribution in [-0.2, 0) is 23.8 Å². The van der Waals surface area contributed by atoms with Gasteiger partial charge in [-0.25, -0.2) is 9.79 Å². The number of amidine groups is 1. The summed E-state index contributed by atoms with van der Waals surface area (Å²) in [6, 6.07) is 16.3. The van der Waals surface area contributed by atoms with Gasteiger partial charge in [-0.3, -0.25) is 9.79 Å². The van der Waals surface area contributed by atoms with Gasteiger partial charge in [-0.1, -0.05) is 41.9 Å². The molecule has 1 aliphatic heterocycles. The molecule has 2 atom stereocenters. The van der Waals surface area contributed by atoms with E-state index in [4.69, 9.17) is 25.8 Å². The van der Waals surface area contributed by atoms with Gasteiger partial charge in [0.2, 0.25) is 0 Å². The number of ether oxygens (including phenoxy) is 3. The van der Waals surface area contributed by atoms with Crippen molar-refractivity contribution in [2.45, 2.75) is 26.7 Å². The maximum atomic E-state index is 13.3. The Morgan fingerprint density at radius 3 is 2.55 bits per heavy atom. The second kappa shape index (κ2) is 14.4. The summed E-state index contributed by atoms with van der Waals surface area (Å²) in [4.78, 5) is 37.2. The summed E-state index contributed by atoms with van der Waals surface area (Å²) < 4.78 is 16.4. The quantitative estimate of drug-likeness (QED) is 0.171. The summed E-state index contributed by atoms with van der Waals surface area (Å²) >= 11 is 6.55. The fourth-order valence-corrected chi connectivity index (χ4v) is 4.70. The molecule has 0 aromatic heterocycles. The molecular weight excluding hydrogens is 532 g/mol. The minimum Gasteiger partial charge on any atom is -0.468 e. The number of methoxy groups -OCH3 is 1. The van der Waals surface area contributed by atoms with Gasteiger partial charge in [0, 0.05) is 30.2 Å². The Kier molecular flexibility index (Phi) is 11.0. The fraction of sp³-hybridized carbons (Fsp3) is 0.367. The van der Waals surface area contributed by atoms with Gasteiger partial charge >= 0.3 is 11.9 Å². The molecule has 0 amide bonds. The molecule has 0 fully saturated rings. The van der Waals surface area contributed by atoms with Crippen molar-refractivity contribution in [3.8, 4) is 6.07 Å². The van der Waals surface area contributed by atoms with E-state index in [0.717, 1.165) is 0 Å². The Balaban J connectivity index is 1.85. The van der Waals surface area contributed by atoms with Crippen LogP contribution >= 0.6 is 11.6 Å². The Hall–Kier alpha value is -4.00. The van der Waals surface area contributed by atoms with Crippen molar-refractivity contribution in [2.24, 2.45) is 15.9 Å². The normalized spacial score (nSPS) is 17.1. The number of nitrogens with zero attached hydrogens (tertiary/aromatic N) is 4. The monoisotopic (exact) mass is 564 g/mol. The van der Waals surface area contributed by atoms with E-state index in [9.17, 15) is 14.9 Å². The fourth-order valence-electron chi connectivity index (χ4n) is 4.45. The molecule has 2 aromatic carbocycles. The van der Waals surface area contributed by atoms with Gasteiger partial charge in [0.1, 0.15) is 17.8 Å². The predicted molar refractivity (Wildman–Crippen MR) is 154 cm³/mol. The van der Waals surface area contributed by atoms with Crippen molar-refractivity contribution in [1.82, 2.24) is 4.90 Å². The Morgan fingerprint density at radius 2 is 1.88 bits per heavy atom. The zero-order valence-electron chi connectivity index (χ0n) is 23.3. The number of hydrogen-bond acceptors (Lipinski definition) is 8. The van der Waals surface area contributed by atoms with Crippen LogP contribution in [0.15, 0.2) is 69.8 Å². The standard InChI is InChI=1S/C30H33ClN4O5/c1-6-40-30(37)28-25(18-39-16-15-35(4)20(3)34-24-14-10-7-11-21(24)17-32)33-19(2)26(29(36)38-5)27(28)22-12-8-9-13-23(22)31/h7-14,26-27H,6,15-16,18H2,1-5H3. The van der Waals surface area contributed by atoms with Gasteiger partial charge in [-0.2, -0.15) is 5.26 Å². The van der Waals surface area contributed by atoms with Crippen LogP contribution in [0.1, 0.15) is 37.8 Å². The van der Waals surface area contributed by atoms with E-state index in [1.54, 1.807) is 56.3 Å². The van der Waals surface area contributed by atoms with Crippen LogP contribution in [0.5, 0.6) is 0 Å². The second-order valence-electron chi connectivity index (χ2n) is 9.10. The number of para-hydroxylation sites is 1. The van der Waals surface area contributed by atoms with Crippen LogP contribution in [0.2, 0.25) is 5.02 Å². The number of rotatable bonds is 10. The van der Waals surface area contributed by atoms with E-state index < -0.39 is 23.8 Å². The molecule has 2 unspecified atom stereocenters. The number of hydrogen-bond donors (Lipinski definition) is 0. The number of carbonyl (C=O) groups excluding carboxylic acids is 2. The lowest BCUT2D eigenvalue weighted by atomic mass is 9.75. The zero-order chi connectivity index (χ0) is 29.2. The first kappa shape index (κ1) is 30.5. The van der Waals surface area contributed by atoms with Crippen LogP contribution < -0.4 is 0 Å². The summed E-state index contributed by atoms with van der Waals surface area (Å²) in [6.07, 6.45) is 0. The van der Waals surface area contributed by atoms with E-state index in [2.05, 4.69) is 16.1 Å². The molecule has 9 nitrogen and oxygen atoms in total. The highest BCUT2D eigenvalue weighted by Gasteiger charge is 2.43. The SMILES string of the molecule is CCOC(=O)C1=C(COCCN(C)C(C)=Nc2ccccc2C#N)N=C(C)C(C(=O)OC)C1c1ccccc1Cl. The van der Waals surface area contributed by atoms with Gasteiger partial charge in [0.05, 0.1) is 49.5 Å². The highest BCUT2D eigenvalue weighted by Crippen LogP contribution is 2.42. The number of likely N-dealkylation sites (N-methyl/N-ethyl adjacent to an activating group) is 1. The maximum Gasteiger partial charge on any atom is 0.336 e. The minimum atomic E-state index is -0.852. The average Bonchev–Trinajstić information content (AvgIpc) is 2.95. The lowest BCUT2D eigenvalue weighted by Gasteiger charge is -2.32. The average molecular weight is 565 g/mol. The van der Waals surface area contributed by atoms with E-state index in [-0.39, 0.29) is 18.8 Å². The lowest BCUT2D eigenvalue weighted by Crippen LogP contribution is -2.37. The number of esters is 2. The molecule has 40 heavy (non-hydrogen) atoms. The molecule has 0 bridgehead atoms. The first-order chi connectivity index (χ1) is 19.2. The second-order valence-corrected chi connectivity index (χ2v) is 9.50. The zero-order valence-corrected chi connectivity index (χ0v) is 24.1. The van der Waals surface area contributed by atoms with Crippen LogP contribution in [0, 0.1) is 17.2 Å². The van der Waals surface area contributed by atoms with Crippen molar-refractivity contribution >= 4 is 40.8 Å². The highest BCUT2D eigenvalue weighted by molar-refractivity contribution is 6.31. The third-order valence-electron chi connectivity index (χ3n) is 6.58. The highest BCUT2D eigenvalue weighted by atomic mass is 35.5. The maximum absolute atomic E-state index is 13.3. The number of aliphatic imine (C=N–C) groups is 2. The molecule has 0 saturated carbocycles. The van der Waals surface area contributed by atoms with Gasteiger partial charge in [0.25, 0.3) is 0 Å². The molecule has 0 radical (unpaired) electrons. The molecule has 3 rings (SSSR count). The third-order valence-corrected chi connectivity index (χ3v) is 6.92. The first-order valence-electron chi connectivity index (χ1n) is 12.8. The Morgan fingerprint density at radius 1 is 1.18 bits per heavy atom. The number of carbonyl (C=O) groups is 2. The van der Waals surface area contributed by atoms with Gasteiger partial charge < -0.3 is 19.1 Å². The molecule has 0 aliphatic carbocycles. The minimum absolute atomic E-state index is 0.0155. The first-order valence-corrected chi connectivity index (χ1v) is 13.2. The van der Waals surface area contributed by atoms with E-state index >= 15 is 0 Å². The summed E-state index contributed by atoms with van der Waals surface area (Å²) in [7, 11) is 3.17. The van der Waals surface area contributed by atoms with Crippen molar-refractivity contribution < 1.29 is 23.8 Å². The number of nitriles is 1. The molecule has 0 saturated heterocycles. The van der Waals surface area contributed by atoms with Crippen LogP contribution in [-0.4, -0.2) is 68.9 Å². The molecular formula is C30H33ClN4O5. The van der Waals surface area contributed by atoms with Crippen LogP contribution in [0.4, 0.5) is 5.69 Å². The number of benzene rings is 2. The molecule has 1 heterocycles. The third kappa shape index (κ3) is 7.14. The predicted octanol–water partition coefficient (Wildman–Crippen LogP) is 5.07. The van der Waals surface area contributed by atoms with Crippen molar-refractivity contribution in [3.63, 3.8) is 0 Å². The molecule has 2 aromatic rings. The molecule has 210 valence electrons. The topological polar surface area (TPSA) is 114 Å². The Bertz CT molecular complexity index is 1380. The Labute approximate surface area is 239 Å². The van der Waals surface area contributed by atoms with Crippen molar-refractivity contribution in [2.75, 3.05) is 40.5 Å². The van der Waals surface area contributed by atoms with Gasteiger partial charge in [0.15, 0.2) is 0 Å². The molecule has 0 N–H and O–H groups in total. The smallest absolute Gasteiger partial charge is 0.336 e. The largest absolute Gasteiger partial charge is 0.468 e. The number of halogens is 1. The van der Waals surface area contributed by atoms with Crippen LogP contribution in [0.3, 0.4) is 0 Å². The van der Waals surface area contributed by atoms with E-state index in [1.165, 1.54) is 7.11 Å². The lowest BCUT2D eigenvalue weighted by molar-refractivity contribution is -0.144. The van der Waals surface area contributed by atoms with E-state index in [1.807, 2.05) is 24.9 Å². The summed E-state index contributed by atoms with van der Waals surface area (Å²) in [6.45, 7) is 6.24. The van der Waals surface area contributed by atoms with Gasteiger partial charge in [-0.15, -0.1) is 0 Å². The van der Waals surface area contributed by atoms with Gasteiger partial charge in [-0.05, 0) is 44.5 Å². The molecule has 1 aliphatic rings. The van der Waals surface area contributed by atoms with Crippen molar-refractivity contribution in [3.05, 3.63) is 76.0 Å². The summed E-state index contributed by atoms with van der Waals surface area (Å²) in [5.74, 6) is -2.01. The summed E-state index contributed by atoms with van der Waals surface area (Å²) in [5.41, 5.74) is 2.76. The van der Waals surface area contributed by atoms with Crippen LogP contribution in [0.25, 0.3) is 0 Å². The van der Waals surface area contributed by atoms with Crippen molar-refractivity contribution in [1.29, 1.82) is 5.26 Å². The molecule has 0 spiro atoms. The van der Waals surface area contributed by atoms with E-state index in [0.29, 0.717) is 52.2 Å². The molecule has 10 heteroatoms.